The fraction of sp³-hybridized carbons (Fsp3) is 0.143. The van der Waals surface area contributed by atoms with Crippen molar-refractivity contribution in [1.82, 2.24) is 19.1 Å². The highest BCUT2D eigenvalue weighted by molar-refractivity contribution is 6.07. The molecule has 3 N–H and O–H groups in total. The third-order valence-corrected chi connectivity index (χ3v) is 6.31. The zero-order valence-electron chi connectivity index (χ0n) is 20.3. The molecule has 0 radical (unpaired) electrons. The molecule has 1 amide bonds. The van der Waals surface area contributed by atoms with Crippen LogP contribution < -0.4 is 21.9 Å². The minimum atomic E-state index is -0.703. The normalized spacial score (nSPS) is 11.1. The molecule has 9 heteroatoms. The molecule has 2 aromatic heterocycles. The minimum Gasteiger partial charge on any atom is -0.383 e. The topological polar surface area (TPSA) is 119 Å². The number of aromatic nitrogens is 4. The van der Waals surface area contributed by atoms with E-state index in [-0.39, 0.29) is 30.5 Å². The number of nitrogen functional groups attached to an aromatic ring is 1. The van der Waals surface area contributed by atoms with Crippen LogP contribution in [-0.4, -0.2) is 31.6 Å². The number of para-hydroxylation sites is 2. The number of anilines is 2. The summed E-state index contributed by atoms with van der Waals surface area (Å²) in [7, 11) is 0. The van der Waals surface area contributed by atoms with Crippen LogP contribution in [0.4, 0.5) is 11.5 Å². The number of H-pyrrole nitrogens is 1. The van der Waals surface area contributed by atoms with Gasteiger partial charge in [0.1, 0.15) is 5.82 Å². The van der Waals surface area contributed by atoms with Gasteiger partial charge in [0, 0.05) is 18.7 Å². The van der Waals surface area contributed by atoms with Gasteiger partial charge in [-0.3, -0.25) is 19.1 Å². The summed E-state index contributed by atoms with van der Waals surface area (Å²) >= 11 is 0. The summed E-state index contributed by atoms with van der Waals surface area (Å²) < 4.78 is 3.31. The van der Waals surface area contributed by atoms with Gasteiger partial charge in [-0.15, -0.1) is 0 Å². The van der Waals surface area contributed by atoms with Gasteiger partial charge in [-0.25, -0.2) is 9.78 Å². The van der Waals surface area contributed by atoms with E-state index in [1.54, 1.807) is 25.4 Å². The Morgan fingerprint density at radius 1 is 0.919 bits per heavy atom. The number of nitrogens with zero attached hydrogens (tertiary/aromatic N) is 4. The Hall–Kier alpha value is -4.92. The van der Waals surface area contributed by atoms with Crippen molar-refractivity contribution in [2.45, 2.75) is 20.0 Å². The monoisotopic (exact) mass is 494 g/mol. The predicted octanol–water partition coefficient (Wildman–Crippen LogP) is 3.23. The van der Waals surface area contributed by atoms with Crippen molar-refractivity contribution in [3.63, 3.8) is 0 Å². The van der Waals surface area contributed by atoms with Gasteiger partial charge in [0.25, 0.3) is 11.5 Å². The van der Waals surface area contributed by atoms with Gasteiger partial charge in [0.15, 0.2) is 5.69 Å². The van der Waals surface area contributed by atoms with Crippen molar-refractivity contribution in [2.24, 2.45) is 0 Å². The molecule has 0 saturated heterocycles. The predicted molar refractivity (Wildman–Crippen MR) is 144 cm³/mol. The van der Waals surface area contributed by atoms with Gasteiger partial charge in [-0.05, 0) is 42.3 Å². The van der Waals surface area contributed by atoms with Crippen molar-refractivity contribution >= 4 is 28.4 Å². The highest BCUT2D eigenvalue weighted by Crippen LogP contribution is 2.21. The molecule has 0 atom stereocenters. The minimum absolute atomic E-state index is 0.0445. The van der Waals surface area contributed by atoms with Crippen LogP contribution in [0, 0.1) is 0 Å². The van der Waals surface area contributed by atoms with Crippen LogP contribution >= 0.6 is 0 Å². The number of nitrogens with one attached hydrogen (secondary N) is 1. The summed E-state index contributed by atoms with van der Waals surface area (Å²) in [6.07, 6.45) is 1.79. The van der Waals surface area contributed by atoms with E-state index in [0.717, 1.165) is 22.2 Å². The smallest absolute Gasteiger partial charge is 0.330 e. The SMILES string of the molecule is CCN(C(=O)c1ccc(Cn2cnc3ccccc32)cc1)c1c(N)n(Cc2ccccc2)c(=O)[nH]c1=O. The zero-order chi connectivity index (χ0) is 25.9. The van der Waals surface area contributed by atoms with E-state index < -0.39 is 11.2 Å². The highest BCUT2D eigenvalue weighted by Gasteiger charge is 2.24. The quantitative estimate of drug-likeness (QED) is 0.360. The third kappa shape index (κ3) is 4.66. The number of rotatable bonds is 7. The van der Waals surface area contributed by atoms with E-state index in [1.807, 2.05) is 71.3 Å². The van der Waals surface area contributed by atoms with E-state index in [4.69, 9.17) is 5.73 Å². The number of carbonyl (C=O) groups excluding carboxylic acids is 1. The molecular formula is C28H26N6O3. The fourth-order valence-electron chi connectivity index (χ4n) is 4.41. The van der Waals surface area contributed by atoms with Crippen LogP contribution in [-0.2, 0) is 13.1 Å². The number of carbonyl (C=O) groups is 1. The third-order valence-electron chi connectivity index (χ3n) is 6.31. The van der Waals surface area contributed by atoms with Crippen LogP contribution in [0.1, 0.15) is 28.4 Å². The van der Waals surface area contributed by atoms with Gasteiger partial charge < -0.3 is 15.2 Å². The second kappa shape index (κ2) is 9.98. The lowest BCUT2D eigenvalue weighted by atomic mass is 10.1. The summed E-state index contributed by atoms with van der Waals surface area (Å²) in [6, 6.07) is 24.4. The van der Waals surface area contributed by atoms with Crippen molar-refractivity contribution in [3.05, 3.63) is 123 Å². The molecule has 0 fully saturated rings. The van der Waals surface area contributed by atoms with E-state index in [1.165, 1.54) is 9.47 Å². The second-order valence-corrected chi connectivity index (χ2v) is 8.67. The Morgan fingerprint density at radius 3 is 2.32 bits per heavy atom. The first-order valence-corrected chi connectivity index (χ1v) is 11.9. The highest BCUT2D eigenvalue weighted by atomic mass is 16.2. The number of aromatic amines is 1. The van der Waals surface area contributed by atoms with Crippen molar-refractivity contribution in [2.75, 3.05) is 17.2 Å². The maximum absolute atomic E-state index is 13.5. The summed E-state index contributed by atoms with van der Waals surface area (Å²) in [6.45, 7) is 2.71. The standard InChI is InChI=1S/C28H26N6O3/c1-2-33(24-25(29)34(28(37)31-26(24)35)17-19-8-4-3-5-9-19)27(36)21-14-12-20(13-15-21)16-32-18-30-22-10-6-7-11-23(22)32/h3-15,18H,2,16-17,29H2,1H3,(H,31,35,37). The molecule has 37 heavy (non-hydrogen) atoms. The maximum atomic E-state index is 13.5. The maximum Gasteiger partial charge on any atom is 0.330 e. The van der Waals surface area contributed by atoms with Crippen molar-refractivity contribution < 1.29 is 4.79 Å². The van der Waals surface area contributed by atoms with Crippen LogP contribution in [0.15, 0.2) is 94.8 Å². The van der Waals surface area contributed by atoms with Crippen LogP contribution in [0.3, 0.4) is 0 Å². The summed E-state index contributed by atoms with van der Waals surface area (Å²) in [5.74, 6) is -0.444. The Bertz CT molecular complexity index is 1680. The molecule has 0 aliphatic carbocycles. The molecule has 0 spiro atoms. The summed E-state index contributed by atoms with van der Waals surface area (Å²) in [4.78, 5) is 46.8. The Labute approximate surface area is 212 Å². The molecule has 0 saturated carbocycles. The Balaban J connectivity index is 1.42. The zero-order valence-corrected chi connectivity index (χ0v) is 20.3. The number of nitrogens with two attached hydrogens (primary N) is 1. The molecule has 0 unspecified atom stereocenters. The first-order chi connectivity index (χ1) is 18.0. The average Bonchev–Trinajstić information content (AvgIpc) is 3.32. The van der Waals surface area contributed by atoms with Crippen LogP contribution in [0.5, 0.6) is 0 Å². The largest absolute Gasteiger partial charge is 0.383 e. The Kier molecular flexibility index (Phi) is 6.42. The fourth-order valence-corrected chi connectivity index (χ4v) is 4.41. The molecule has 2 heterocycles. The molecule has 3 aromatic carbocycles. The van der Waals surface area contributed by atoms with Gasteiger partial charge in [0.2, 0.25) is 0 Å². The average molecular weight is 495 g/mol. The lowest BCUT2D eigenvalue weighted by Crippen LogP contribution is -2.41. The second-order valence-electron chi connectivity index (χ2n) is 8.67. The number of amides is 1. The molecule has 0 bridgehead atoms. The van der Waals surface area contributed by atoms with Crippen LogP contribution in [0.2, 0.25) is 0 Å². The lowest BCUT2D eigenvalue weighted by Gasteiger charge is -2.23. The van der Waals surface area contributed by atoms with Crippen molar-refractivity contribution in [1.29, 1.82) is 0 Å². The van der Waals surface area contributed by atoms with Gasteiger partial charge >= 0.3 is 5.69 Å². The van der Waals surface area contributed by atoms with Crippen LogP contribution in [0.25, 0.3) is 11.0 Å². The number of hydrogen-bond donors (Lipinski definition) is 2. The van der Waals surface area contributed by atoms with Crippen molar-refractivity contribution in [3.8, 4) is 0 Å². The van der Waals surface area contributed by atoms with Gasteiger partial charge in [-0.1, -0.05) is 54.6 Å². The first-order valence-electron chi connectivity index (χ1n) is 11.9. The lowest BCUT2D eigenvalue weighted by molar-refractivity contribution is 0.0988. The number of fused-ring (bicyclic) bond motifs is 1. The van der Waals surface area contributed by atoms with E-state index >= 15 is 0 Å². The van der Waals surface area contributed by atoms with E-state index in [0.29, 0.717) is 12.1 Å². The molecule has 5 aromatic rings. The molecule has 0 aliphatic rings. The molecule has 5 rings (SSSR count). The molecular weight excluding hydrogens is 468 g/mol. The van der Waals surface area contributed by atoms with E-state index in [2.05, 4.69) is 9.97 Å². The number of imidazole rings is 1. The molecule has 9 nitrogen and oxygen atoms in total. The molecule has 0 aliphatic heterocycles. The summed E-state index contributed by atoms with van der Waals surface area (Å²) in [5, 5.41) is 0. The number of benzene rings is 3. The number of hydrogen-bond acceptors (Lipinski definition) is 5. The molecule has 186 valence electrons. The van der Waals surface area contributed by atoms with Gasteiger partial charge in [-0.2, -0.15) is 0 Å². The first kappa shape index (κ1) is 23.8. The van der Waals surface area contributed by atoms with E-state index in [9.17, 15) is 14.4 Å². The Morgan fingerprint density at radius 2 is 1.59 bits per heavy atom. The van der Waals surface area contributed by atoms with Gasteiger partial charge in [0.05, 0.1) is 23.9 Å². The summed E-state index contributed by atoms with van der Waals surface area (Å²) in [5.41, 5.74) is 9.12.